The molecule has 18 heavy (non-hydrogen) atoms. The first-order valence-electron chi connectivity index (χ1n) is 5.95. The molecule has 2 heterocycles. The van der Waals surface area contributed by atoms with Gasteiger partial charge in [-0.2, -0.15) is 0 Å². The highest BCUT2D eigenvalue weighted by molar-refractivity contribution is 5.66. The lowest BCUT2D eigenvalue weighted by Crippen LogP contribution is -2.15. The average Bonchev–Trinajstić information content (AvgIpc) is 2.87. The van der Waals surface area contributed by atoms with Crippen LogP contribution in [-0.2, 0) is 6.54 Å². The maximum Gasteiger partial charge on any atom is 0.162 e. The second-order valence-electron chi connectivity index (χ2n) is 4.12. The van der Waals surface area contributed by atoms with E-state index in [0.29, 0.717) is 13.2 Å². The Balaban J connectivity index is 1.98. The third-order valence-corrected chi connectivity index (χ3v) is 2.89. The fraction of sp³-hybridized carbons (Fsp3) is 0.308. The molecule has 0 fully saturated rings. The number of benzene rings is 1. The van der Waals surface area contributed by atoms with Crippen molar-refractivity contribution in [3.63, 3.8) is 0 Å². The molecular weight excluding hydrogens is 230 g/mol. The SMILES string of the molecule is CNCc1[nH]cnc1-c1ccc2c(c1)OCCO2. The van der Waals surface area contributed by atoms with E-state index in [1.165, 1.54) is 0 Å². The average molecular weight is 245 g/mol. The van der Waals surface area contributed by atoms with E-state index in [9.17, 15) is 0 Å². The van der Waals surface area contributed by atoms with Gasteiger partial charge in [-0.1, -0.05) is 0 Å². The lowest BCUT2D eigenvalue weighted by Gasteiger charge is -2.18. The van der Waals surface area contributed by atoms with Crippen LogP contribution in [0.15, 0.2) is 24.5 Å². The number of fused-ring (bicyclic) bond motifs is 1. The molecule has 2 aromatic rings. The van der Waals surface area contributed by atoms with Crippen LogP contribution in [0.4, 0.5) is 0 Å². The summed E-state index contributed by atoms with van der Waals surface area (Å²) in [5.41, 5.74) is 3.04. The van der Waals surface area contributed by atoms with Crippen molar-refractivity contribution in [3.8, 4) is 22.8 Å². The maximum atomic E-state index is 5.58. The van der Waals surface area contributed by atoms with Crippen LogP contribution < -0.4 is 14.8 Å². The van der Waals surface area contributed by atoms with Gasteiger partial charge in [0, 0.05) is 12.1 Å². The Hall–Kier alpha value is -2.01. The number of nitrogens with zero attached hydrogens (tertiary/aromatic N) is 1. The quantitative estimate of drug-likeness (QED) is 0.861. The summed E-state index contributed by atoms with van der Waals surface area (Å²) in [6.45, 7) is 1.96. The van der Waals surface area contributed by atoms with Crippen LogP contribution in [0.3, 0.4) is 0 Å². The number of rotatable bonds is 3. The lowest BCUT2D eigenvalue weighted by atomic mass is 10.1. The third kappa shape index (κ3) is 1.93. The van der Waals surface area contributed by atoms with E-state index in [-0.39, 0.29) is 0 Å². The maximum absolute atomic E-state index is 5.58. The van der Waals surface area contributed by atoms with Crippen molar-refractivity contribution >= 4 is 0 Å². The summed E-state index contributed by atoms with van der Waals surface area (Å²) in [6, 6.07) is 5.91. The predicted octanol–water partition coefficient (Wildman–Crippen LogP) is 1.57. The molecule has 2 N–H and O–H groups in total. The molecule has 0 amide bonds. The zero-order chi connectivity index (χ0) is 12.4. The van der Waals surface area contributed by atoms with Gasteiger partial charge in [0.15, 0.2) is 11.5 Å². The number of imidazole rings is 1. The number of ether oxygens (including phenoxy) is 2. The van der Waals surface area contributed by atoms with Crippen molar-refractivity contribution in [2.45, 2.75) is 6.54 Å². The summed E-state index contributed by atoms with van der Waals surface area (Å²) >= 11 is 0. The molecule has 0 atom stereocenters. The lowest BCUT2D eigenvalue weighted by molar-refractivity contribution is 0.171. The van der Waals surface area contributed by atoms with E-state index in [1.807, 2.05) is 25.2 Å². The topological polar surface area (TPSA) is 59.2 Å². The van der Waals surface area contributed by atoms with Gasteiger partial charge in [0.05, 0.1) is 17.7 Å². The number of H-pyrrole nitrogens is 1. The van der Waals surface area contributed by atoms with Crippen molar-refractivity contribution in [2.75, 3.05) is 20.3 Å². The first kappa shape index (κ1) is 11.1. The Bertz CT molecular complexity index is 551. The minimum atomic E-state index is 0.598. The van der Waals surface area contributed by atoms with Gasteiger partial charge in [-0.05, 0) is 25.2 Å². The Morgan fingerprint density at radius 1 is 1.28 bits per heavy atom. The fourth-order valence-corrected chi connectivity index (χ4v) is 2.07. The van der Waals surface area contributed by atoms with E-state index < -0.39 is 0 Å². The van der Waals surface area contributed by atoms with Gasteiger partial charge in [-0.25, -0.2) is 4.98 Å². The molecule has 1 aromatic carbocycles. The number of hydrogen-bond donors (Lipinski definition) is 2. The molecule has 0 saturated carbocycles. The van der Waals surface area contributed by atoms with Crippen molar-refractivity contribution < 1.29 is 9.47 Å². The number of hydrogen-bond acceptors (Lipinski definition) is 4. The zero-order valence-electron chi connectivity index (χ0n) is 10.2. The fourth-order valence-electron chi connectivity index (χ4n) is 2.07. The third-order valence-electron chi connectivity index (χ3n) is 2.89. The molecule has 0 spiro atoms. The molecule has 0 saturated heterocycles. The van der Waals surface area contributed by atoms with Crippen LogP contribution in [0.1, 0.15) is 5.69 Å². The van der Waals surface area contributed by atoms with Crippen LogP contribution in [0.2, 0.25) is 0 Å². The van der Waals surface area contributed by atoms with Gasteiger partial charge in [-0.3, -0.25) is 0 Å². The molecule has 0 bridgehead atoms. The monoisotopic (exact) mass is 245 g/mol. The summed E-state index contributed by atoms with van der Waals surface area (Å²) in [4.78, 5) is 7.50. The van der Waals surface area contributed by atoms with Crippen LogP contribution in [-0.4, -0.2) is 30.2 Å². The van der Waals surface area contributed by atoms with Crippen LogP contribution >= 0.6 is 0 Å². The first-order chi connectivity index (χ1) is 8.88. The van der Waals surface area contributed by atoms with E-state index >= 15 is 0 Å². The Labute approximate surface area is 105 Å². The van der Waals surface area contributed by atoms with Crippen molar-refractivity contribution in [1.29, 1.82) is 0 Å². The van der Waals surface area contributed by atoms with Crippen molar-refractivity contribution in [1.82, 2.24) is 15.3 Å². The van der Waals surface area contributed by atoms with Gasteiger partial charge in [0.2, 0.25) is 0 Å². The minimum absolute atomic E-state index is 0.598. The van der Waals surface area contributed by atoms with Crippen LogP contribution in [0.25, 0.3) is 11.3 Å². The minimum Gasteiger partial charge on any atom is -0.486 e. The molecule has 1 aliphatic heterocycles. The van der Waals surface area contributed by atoms with Crippen molar-refractivity contribution in [3.05, 3.63) is 30.2 Å². The van der Waals surface area contributed by atoms with E-state index in [2.05, 4.69) is 15.3 Å². The molecule has 5 nitrogen and oxygen atoms in total. The highest BCUT2D eigenvalue weighted by Crippen LogP contribution is 2.34. The second kappa shape index (κ2) is 4.70. The predicted molar refractivity (Wildman–Crippen MR) is 67.8 cm³/mol. The Morgan fingerprint density at radius 2 is 2.11 bits per heavy atom. The summed E-state index contributed by atoms with van der Waals surface area (Å²) in [5.74, 6) is 1.59. The summed E-state index contributed by atoms with van der Waals surface area (Å²) < 4.78 is 11.1. The molecule has 0 unspecified atom stereocenters. The highest BCUT2D eigenvalue weighted by Gasteiger charge is 2.14. The standard InChI is InChI=1S/C13H15N3O2/c1-14-7-10-13(16-8-15-10)9-2-3-11-12(6-9)18-5-4-17-11/h2-3,6,8,14H,4-5,7H2,1H3,(H,15,16). The van der Waals surface area contributed by atoms with E-state index in [0.717, 1.165) is 35.0 Å². The second-order valence-corrected chi connectivity index (χ2v) is 4.12. The van der Waals surface area contributed by atoms with E-state index in [1.54, 1.807) is 6.33 Å². The highest BCUT2D eigenvalue weighted by atomic mass is 16.6. The van der Waals surface area contributed by atoms with Gasteiger partial charge in [0.1, 0.15) is 13.2 Å². The van der Waals surface area contributed by atoms with Gasteiger partial charge in [-0.15, -0.1) is 0 Å². The summed E-state index contributed by atoms with van der Waals surface area (Å²) in [7, 11) is 1.91. The summed E-state index contributed by atoms with van der Waals surface area (Å²) in [6.07, 6.45) is 1.71. The first-order valence-corrected chi connectivity index (χ1v) is 5.95. The zero-order valence-corrected chi connectivity index (χ0v) is 10.2. The molecule has 1 aromatic heterocycles. The Morgan fingerprint density at radius 3 is 2.94 bits per heavy atom. The number of aromatic amines is 1. The largest absolute Gasteiger partial charge is 0.486 e. The number of aromatic nitrogens is 2. The molecule has 3 rings (SSSR count). The molecule has 5 heteroatoms. The molecule has 94 valence electrons. The normalized spacial score (nSPS) is 13.6. The van der Waals surface area contributed by atoms with E-state index in [4.69, 9.17) is 9.47 Å². The van der Waals surface area contributed by atoms with Crippen molar-refractivity contribution in [2.24, 2.45) is 0 Å². The molecule has 0 radical (unpaired) electrons. The number of nitrogens with one attached hydrogen (secondary N) is 2. The molecule has 0 aliphatic carbocycles. The van der Waals surface area contributed by atoms with Crippen LogP contribution in [0, 0.1) is 0 Å². The summed E-state index contributed by atoms with van der Waals surface area (Å²) in [5, 5.41) is 3.12. The van der Waals surface area contributed by atoms with Gasteiger partial charge >= 0.3 is 0 Å². The molecular formula is C13H15N3O2. The smallest absolute Gasteiger partial charge is 0.162 e. The van der Waals surface area contributed by atoms with Gasteiger partial charge < -0.3 is 19.8 Å². The Kier molecular flexibility index (Phi) is 2.90. The molecule has 1 aliphatic rings. The van der Waals surface area contributed by atoms with Gasteiger partial charge in [0.25, 0.3) is 0 Å². The van der Waals surface area contributed by atoms with Crippen LogP contribution in [0.5, 0.6) is 11.5 Å².